The highest BCUT2D eigenvalue weighted by atomic mass is 16.5. The standard InChI is InChI=1S/C18H22N4O3/c1-11(23)14-7-8-22(10-14)18(24)19-15-4-2-3-13(9-15)16-20-17(25-21-16)12-5-6-12/h2-4,9,11-12,14,23H,5-8,10H2,1H3,(H,19,24)/t11-,14+/m0/s1. The van der Waals surface area contributed by atoms with Gasteiger partial charge in [0.25, 0.3) is 0 Å². The second-order valence-corrected chi connectivity index (χ2v) is 6.98. The van der Waals surface area contributed by atoms with Gasteiger partial charge in [-0.3, -0.25) is 0 Å². The molecule has 0 unspecified atom stereocenters. The third-order valence-corrected chi connectivity index (χ3v) is 4.93. The molecular formula is C18H22N4O3. The molecule has 25 heavy (non-hydrogen) atoms. The van der Waals surface area contributed by atoms with Gasteiger partial charge in [0.1, 0.15) is 0 Å². The van der Waals surface area contributed by atoms with Gasteiger partial charge in [-0.1, -0.05) is 17.3 Å². The van der Waals surface area contributed by atoms with Gasteiger partial charge in [0.05, 0.1) is 6.10 Å². The number of likely N-dealkylation sites (tertiary alicyclic amines) is 1. The quantitative estimate of drug-likeness (QED) is 0.891. The van der Waals surface area contributed by atoms with E-state index in [1.165, 1.54) is 0 Å². The number of aromatic nitrogens is 2. The molecule has 2 heterocycles. The number of carbonyl (C=O) groups is 1. The van der Waals surface area contributed by atoms with Crippen molar-refractivity contribution in [2.75, 3.05) is 18.4 Å². The average molecular weight is 342 g/mol. The summed E-state index contributed by atoms with van der Waals surface area (Å²) in [5.74, 6) is 1.82. The minimum absolute atomic E-state index is 0.146. The highest BCUT2D eigenvalue weighted by Crippen LogP contribution is 2.39. The number of carbonyl (C=O) groups excluding carboxylic acids is 1. The number of rotatable bonds is 4. The number of aliphatic hydroxyl groups is 1. The molecule has 1 saturated heterocycles. The third-order valence-electron chi connectivity index (χ3n) is 4.93. The Labute approximate surface area is 146 Å². The Hall–Kier alpha value is -2.41. The molecular weight excluding hydrogens is 320 g/mol. The lowest BCUT2D eigenvalue weighted by Crippen LogP contribution is -2.34. The van der Waals surface area contributed by atoms with Crippen LogP contribution in [-0.4, -0.2) is 45.4 Å². The third kappa shape index (κ3) is 3.51. The number of benzene rings is 1. The fraction of sp³-hybridized carbons (Fsp3) is 0.500. The summed E-state index contributed by atoms with van der Waals surface area (Å²) >= 11 is 0. The van der Waals surface area contributed by atoms with Gasteiger partial charge in [-0.25, -0.2) is 4.79 Å². The van der Waals surface area contributed by atoms with Crippen LogP contribution < -0.4 is 5.32 Å². The number of aliphatic hydroxyl groups excluding tert-OH is 1. The Balaban J connectivity index is 1.43. The summed E-state index contributed by atoms with van der Waals surface area (Å²) in [6.45, 7) is 3.02. The zero-order valence-electron chi connectivity index (χ0n) is 14.2. The number of nitrogens with one attached hydrogen (secondary N) is 1. The maximum atomic E-state index is 12.4. The number of amides is 2. The SMILES string of the molecule is C[C@H](O)[C@@H]1CCN(C(=O)Nc2cccc(-c3noc(C4CC4)n3)c2)C1. The summed E-state index contributed by atoms with van der Waals surface area (Å²) in [7, 11) is 0. The zero-order chi connectivity index (χ0) is 17.4. The number of nitrogens with zero attached hydrogens (tertiary/aromatic N) is 3. The minimum atomic E-state index is -0.389. The van der Waals surface area contributed by atoms with Crippen molar-refractivity contribution in [2.24, 2.45) is 5.92 Å². The largest absolute Gasteiger partial charge is 0.393 e. The summed E-state index contributed by atoms with van der Waals surface area (Å²) in [5.41, 5.74) is 1.51. The molecule has 2 atom stereocenters. The molecule has 4 rings (SSSR count). The molecule has 2 amide bonds. The van der Waals surface area contributed by atoms with Crippen LogP contribution in [0.25, 0.3) is 11.4 Å². The van der Waals surface area contributed by atoms with E-state index >= 15 is 0 Å². The van der Waals surface area contributed by atoms with E-state index in [0.717, 1.165) is 24.8 Å². The Morgan fingerprint density at radius 3 is 2.96 bits per heavy atom. The molecule has 0 bridgehead atoms. The topological polar surface area (TPSA) is 91.5 Å². The lowest BCUT2D eigenvalue weighted by Gasteiger charge is -2.18. The second-order valence-electron chi connectivity index (χ2n) is 6.98. The molecule has 132 valence electrons. The van der Waals surface area contributed by atoms with Crippen LogP contribution in [0.2, 0.25) is 0 Å². The molecule has 1 saturated carbocycles. The Morgan fingerprint density at radius 1 is 1.40 bits per heavy atom. The summed E-state index contributed by atoms with van der Waals surface area (Å²) in [6, 6.07) is 7.30. The fourth-order valence-electron chi connectivity index (χ4n) is 3.15. The summed E-state index contributed by atoms with van der Waals surface area (Å²) in [5, 5.41) is 16.6. The van der Waals surface area contributed by atoms with Crippen LogP contribution in [0.5, 0.6) is 0 Å². The van der Waals surface area contributed by atoms with Gasteiger partial charge in [0, 0.05) is 36.2 Å². The lowest BCUT2D eigenvalue weighted by atomic mass is 10.0. The fourth-order valence-corrected chi connectivity index (χ4v) is 3.15. The highest BCUT2D eigenvalue weighted by Gasteiger charge is 2.30. The van der Waals surface area contributed by atoms with Crippen molar-refractivity contribution in [3.8, 4) is 11.4 Å². The van der Waals surface area contributed by atoms with Gasteiger partial charge < -0.3 is 19.8 Å². The first-order valence-electron chi connectivity index (χ1n) is 8.78. The molecule has 0 radical (unpaired) electrons. The molecule has 2 aromatic rings. The van der Waals surface area contributed by atoms with Crippen molar-refractivity contribution in [1.29, 1.82) is 0 Å². The molecule has 7 nitrogen and oxygen atoms in total. The van der Waals surface area contributed by atoms with Crippen molar-refractivity contribution >= 4 is 11.7 Å². The Bertz CT molecular complexity index is 769. The van der Waals surface area contributed by atoms with E-state index in [-0.39, 0.29) is 18.1 Å². The lowest BCUT2D eigenvalue weighted by molar-refractivity contribution is 0.130. The molecule has 1 aromatic carbocycles. The van der Waals surface area contributed by atoms with Crippen molar-refractivity contribution in [1.82, 2.24) is 15.0 Å². The van der Waals surface area contributed by atoms with Gasteiger partial charge in [-0.05, 0) is 38.3 Å². The summed E-state index contributed by atoms with van der Waals surface area (Å²) in [6.07, 6.45) is 2.67. The van der Waals surface area contributed by atoms with Crippen LogP contribution in [0.4, 0.5) is 10.5 Å². The molecule has 1 aromatic heterocycles. The first-order chi connectivity index (χ1) is 12.1. The van der Waals surface area contributed by atoms with Crippen molar-refractivity contribution in [3.63, 3.8) is 0 Å². The van der Waals surface area contributed by atoms with Crippen molar-refractivity contribution < 1.29 is 14.4 Å². The highest BCUT2D eigenvalue weighted by molar-refractivity contribution is 5.90. The predicted octanol–water partition coefficient (Wildman–Crippen LogP) is 2.85. The van der Waals surface area contributed by atoms with Gasteiger partial charge in [0.2, 0.25) is 11.7 Å². The predicted molar refractivity (Wildman–Crippen MR) is 92.1 cm³/mol. The van der Waals surface area contributed by atoms with Crippen LogP contribution in [0.3, 0.4) is 0 Å². The van der Waals surface area contributed by atoms with Crippen molar-refractivity contribution in [3.05, 3.63) is 30.2 Å². The minimum Gasteiger partial charge on any atom is -0.393 e. The van der Waals surface area contributed by atoms with Gasteiger partial charge in [0.15, 0.2) is 0 Å². The molecule has 2 aliphatic rings. The molecule has 1 aliphatic heterocycles. The molecule has 1 aliphatic carbocycles. The maximum absolute atomic E-state index is 12.4. The van der Waals surface area contributed by atoms with Crippen LogP contribution in [0, 0.1) is 5.92 Å². The maximum Gasteiger partial charge on any atom is 0.321 e. The van der Waals surface area contributed by atoms with Crippen LogP contribution in [0.1, 0.15) is 38.0 Å². The molecule has 7 heteroatoms. The van der Waals surface area contributed by atoms with E-state index in [2.05, 4.69) is 15.5 Å². The number of anilines is 1. The van der Waals surface area contributed by atoms with Crippen LogP contribution in [0.15, 0.2) is 28.8 Å². The monoisotopic (exact) mass is 342 g/mol. The zero-order valence-corrected chi connectivity index (χ0v) is 14.2. The van der Waals surface area contributed by atoms with E-state index < -0.39 is 0 Å². The number of hydrogen-bond acceptors (Lipinski definition) is 5. The first-order valence-corrected chi connectivity index (χ1v) is 8.78. The molecule has 0 spiro atoms. The average Bonchev–Trinajstić information content (AvgIpc) is 3.13. The Kier molecular flexibility index (Phi) is 4.17. The van der Waals surface area contributed by atoms with Gasteiger partial charge in [-0.2, -0.15) is 4.98 Å². The summed E-state index contributed by atoms with van der Waals surface area (Å²) < 4.78 is 5.30. The first kappa shape index (κ1) is 16.1. The summed E-state index contributed by atoms with van der Waals surface area (Å²) in [4.78, 5) is 18.6. The van der Waals surface area contributed by atoms with Gasteiger partial charge >= 0.3 is 6.03 Å². The molecule has 2 N–H and O–H groups in total. The van der Waals surface area contributed by atoms with E-state index in [1.807, 2.05) is 24.3 Å². The van der Waals surface area contributed by atoms with Crippen LogP contribution in [-0.2, 0) is 0 Å². The molecule has 2 fully saturated rings. The van der Waals surface area contributed by atoms with Crippen molar-refractivity contribution in [2.45, 2.75) is 38.2 Å². The smallest absolute Gasteiger partial charge is 0.321 e. The number of urea groups is 1. The number of hydrogen-bond donors (Lipinski definition) is 2. The second kappa shape index (κ2) is 6.48. The van der Waals surface area contributed by atoms with Gasteiger partial charge in [-0.15, -0.1) is 0 Å². The Morgan fingerprint density at radius 2 is 2.24 bits per heavy atom. The van der Waals surface area contributed by atoms with E-state index in [4.69, 9.17) is 4.52 Å². The van der Waals surface area contributed by atoms with E-state index in [0.29, 0.717) is 36.4 Å². The van der Waals surface area contributed by atoms with E-state index in [9.17, 15) is 9.90 Å². The van der Waals surface area contributed by atoms with Crippen LogP contribution >= 0.6 is 0 Å². The van der Waals surface area contributed by atoms with E-state index in [1.54, 1.807) is 11.8 Å². The normalized spacial score (nSPS) is 21.4.